The summed E-state index contributed by atoms with van der Waals surface area (Å²) in [6.07, 6.45) is 1.10. The number of nitrogens with zero attached hydrogens (tertiary/aromatic N) is 2. The van der Waals surface area contributed by atoms with Crippen LogP contribution in [0.25, 0.3) is 11.4 Å². The smallest absolute Gasteiger partial charge is 0.159 e. The highest BCUT2D eigenvalue weighted by Gasteiger charge is 2.07. The Morgan fingerprint density at radius 1 is 1.10 bits per heavy atom. The lowest BCUT2D eigenvalue weighted by atomic mass is 10.2. The lowest BCUT2D eigenvalue weighted by molar-refractivity contribution is 0.663. The van der Waals surface area contributed by atoms with Crippen molar-refractivity contribution in [2.45, 2.75) is 26.8 Å². The lowest BCUT2D eigenvalue weighted by Crippen LogP contribution is -2.15. The van der Waals surface area contributed by atoms with Gasteiger partial charge in [0.1, 0.15) is 0 Å². The van der Waals surface area contributed by atoms with Gasteiger partial charge in [-0.25, -0.2) is 9.97 Å². The molecule has 0 fully saturated rings. The van der Waals surface area contributed by atoms with Gasteiger partial charge in [0.05, 0.1) is 15.7 Å². The highest BCUT2D eigenvalue weighted by atomic mass is 35.5. The summed E-state index contributed by atoms with van der Waals surface area (Å²) >= 11 is 12.0. The molecule has 0 aliphatic rings. The third-order valence-electron chi connectivity index (χ3n) is 2.82. The Labute approximate surface area is 129 Å². The first-order valence-electron chi connectivity index (χ1n) is 6.61. The van der Waals surface area contributed by atoms with Crippen molar-refractivity contribution in [2.75, 3.05) is 6.54 Å². The van der Waals surface area contributed by atoms with Crippen LogP contribution in [-0.2, 0) is 6.54 Å². The fraction of sp³-hybridized carbons (Fsp3) is 0.333. The Bertz CT molecular complexity index is 600. The molecule has 0 atom stereocenters. The molecule has 1 heterocycles. The highest BCUT2D eigenvalue weighted by molar-refractivity contribution is 6.42. The third kappa shape index (κ3) is 3.92. The molecule has 3 nitrogen and oxygen atoms in total. The van der Waals surface area contributed by atoms with E-state index in [2.05, 4.69) is 22.2 Å². The molecule has 20 heavy (non-hydrogen) atoms. The monoisotopic (exact) mass is 309 g/mol. The first kappa shape index (κ1) is 15.2. The van der Waals surface area contributed by atoms with Crippen molar-refractivity contribution in [1.29, 1.82) is 0 Å². The number of aromatic nitrogens is 2. The largest absolute Gasteiger partial charge is 0.311 e. The second-order valence-corrected chi connectivity index (χ2v) is 5.44. The summed E-state index contributed by atoms with van der Waals surface area (Å²) in [5.74, 6) is 0.678. The van der Waals surface area contributed by atoms with E-state index in [-0.39, 0.29) is 0 Å². The molecule has 0 saturated carbocycles. The van der Waals surface area contributed by atoms with Gasteiger partial charge in [0, 0.05) is 17.8 Å². The van der Waals surface area contributed by atoms with Crippen molar-refractivity contribution >= 4 is 23.2 Å². The Morgan fingerprint density at radius 2 is 1.90 bits per heavy atom. The Kier molecular flexibility index (Phi) is 5.35. The summed E-state index contributed by atoms with van der Waals surface area (Å²) in [6.45, 7) is 5.82. The van der Waals surface area contributed by atoms with Crippen LogP contribution in [0.4, 0.5) is 0 Å². The Balaban J connectivity index is 2.28. The van der Waals surface area contributed by atoms with Crippen LogP contribution in [-0.4, -0.2) is 16.5 Å². The van der Waals surface area contributed by atoms with Crippen molar-refractivity contribution in [3.05, 3.63) is 45.7 Å². The van der Waals surface area contributed by atoms with Crippen molar-refractivity contribution < 1.29 is 0 Å². The quantitative estimate of drug-likeness (QED) is 0.839. The average molecular weight is 310 g/mol. The van der Waals surface area contributed by atoms with Crippen LogP contribution in [0.15, 0.2) is 24.3 Å². The predicted molar refractivity (Wildman–Crippen MR) is 84.2 cm³/mol. The van der Waals surface area contributed by atoms with Gasteiger partial charge in [0.2, 0.25) is 0 Å². The maximum Gasteiger partial charge on any atom is 0.159 e. The fourth-order valence-electron chi connectivity index (χ4n) is 1.88. The van der Waals surface area contributed by atoms with Crippen LogP contribution in [0.5, 0.6) is 0 Å². The molecule has 0 saturated heterocycles. The van der Waals surface area contributed by atoms with E-state index in [1.165, 1.54) is 0 Å². The van der Waals surface area contributed by atoms with Crippen LogP contribution in [0, 0.1) is 6.92 Å². The summed E-state index contributed by atoms with van der Waals surface area (Å²) in [5.41, 5.74) is 2.79. The van der Waals surface area contributed by atoms with Crippen LogP contribution in [0.2, 0.25) is 10.0 Å². The zero-order valence-corrected chi connectivity index (χ0v) is 13.1. The topological polar surface area (TPSA) is 37.8 Å². The van der Waals surface area contributed by atoms with Crippen molar-refractivity contribution in [3.63, 3.8) is 0 Å². The third-order valence-corrected chi connectivity index (χ3v) is 3.56. The van der Waals surface area contributed by atoms with E-state index in [1.807, 2.05) is 19.1 Å². The van der Waals surface area contributed by atoms with Gasteiger partial charge in [-0.15, -0.1) is 0 Å². The van der Waals surface area contributed by atoms with Crippen molar-refractivity contribution in [1.82, 2.24) is 15.3 Å². The molecule has 0 amide bonds. The number of benzene rings is 1. The van der Waals surface area contributed by atoms with Gasteiger partial charge in [-0.1, -0.05) is 30.1 Å². The van der Waals surface area contributed by atoms with E-state index in [0.717, 1.165) is 36.5 Å². The Morgan fingerprint density at radius 3 is 2.60 bits per heavy atom. The van der Waals surface area contributed by atoms with Gasteiger partial charge < -0.3 is 5.32 Å². The number of nitrogens with one attached hydrogen (secondary N) is 1. The second-order valence-electron chi connectivity index (χ2n) is 4.63. The molecule has 5 heteroatoms. The molecule has 1 aromatic carbocycles. The summed E-state index contributed by atoms with van der Waals surface area (Å²) in [6, 6.07) is 7.43. The van der Waals surface area contributed by atoms with E-state index >= 15 is 0 Å². The van der Waals surface area contributed by atoms with E-state index < -0.39 is 0 Å². The fourth-order valence-corrected chi connectivity index (χ4v) is 2.18. The van der Waals surface area contributed by atoms with Crippen molar-refractivity contribution in [3.8, 4) is 11.4 Å². The molecule has 106 valence electrons. The minimum Gasteiger partial charge on any atom is -0.311 e. The molecular formula is C15H17Cl2N3. The van der Waals surface area contributed by atoms with Crippen LogP contribution < -0.4 is 5.32 Å². The van der Waals surface area contributed by atoms with E-state index in [4.69, 9.17) is 23.2 Å². The SMILES string of the molecule is CCCNCc1cc(C)nc(-c2ccc(Cl)c(Cl)c2)n1. The second kappa shape index (κ2) is 7.02. The zero-order chi connectivity index (χ0) is 14.5. The molecule has 2 rings (SSSR count). The minimum absolute atomic E-state index is 0.514. The van der Waals surface area contributed by atoms with Gasteiger partial charge in [-0.3, -0.25) is 0 Å². The standard InChI is InChI=1S/C15H17Cl2N3/c1-3-6-18-9-12-7-10(2)19-15(20-12)11-4-5-13(16)14(17)8-11/h4-5,7-8,18H,3,6,9H2,1-2H3. The molecule has 0 bridgehead atoms. The molecule has 2 aromatic rings. The van der Waals surface area contributed by atoms with E-state index in [1.54, 1.807) is 12.1 Å². The van der Waals surface area contributed by atoms with E-state index in [9.17, 15) is 0 Å². The molecule has 0 spiro atoms. The summed E-state index contributed by atoms with van der Waals surface area (Å²) < 4.78 is 0. The van der Waals surface area contributed by atoms with Gasteiger partial charge in [-0.05, 0) is 44.2 Å². The zero-order valence-electron chi connectivity index (χ0n) is 11.6. The van der Waals surface area contributed by atoms with Gasteiger partial charge in [-0.2, -0.15) is 0 Å². The molecule has 0 aliphatic carbocycles. The lowest BCUT2D eigenvalue weighted by Gasteiger charge is -2.08. The summed E-state index contributed by atoms with van der Waals surface area (Å²) in [4.78, 5) is 9.03. The molecule has 1 aromatic heterocycles. The molecule has 0 aliphatic heterocycles. The summed E-state index contributed by atoms with van der Waals surface area (Å²) in [7, 11) is 0. The normalized spacial score (nSPS) is 10.8. The minimum atomic E-state index is 0.514. The van der Waals surface area contributed by atoms with Gasteiger partial charge in [0.25, 0.3) is 0 Å². The van der Waals surface area contributed by atoms with Crippen LogP contribution >= 0.6 is 23.2 Å². The predicted octanol–water partition coefficient (Wildman–Crippen LogP) is 4.26. The van der Waals surface area contributed by atoms with E-state index in [0.29, 0.717) is 15.9 Å². The molecule has 0 unspecified atom stereocenters. The first-order valence-corrected chi connectivity index (χ1v) is 7.36. The summed E-state index contributed by atoms with van der Waals surface area (Å²) in [5, 5.41) is 4.39. The number of hydrogen-bond acceptors (Lipinski definition) is 3. The molecule has 0 radical (unpaired) electrons. The van der Waals surface area contributed by atoms with Crippen molar-refractivity contribution in [2.24, 2.45) is 0 Å². The van der Waals surface area contributed by atoms with Gasteiger partial charge in [0.15, 0.2) is 5.82 Å². The number of hydrogen-bond donors (Lipinski definition) is 1. The first-order chi connectivity index (χ1) is 9.60. The maximum atomic E-state index is 6.05. The van der Waals surface area contributed by atoms with Crippen LogP contribution in [0.3, 0.4) is 0 Å². The maximum absolute atomic E-state index is 6.05. The highest BCUT2D eigenvalue weighted by Crippen LogP contribution is 2.27. The van der Waals surface area contributed by atoms with Crippen LogP contribution in [0.1, 0.15) is 24.7 Å². The number of aryl methyl sites for hydroxylation is 1. The number of halogens is 2. The molecule has 1 N–H and O–H groups in total. The average Bonchev–Trinajstić information content (AvgIpc) is 2.41. The molecular weight excluding hydrogens is 293 g/mol. The van der Waals surface area contributed by atoms with Gasteiger partial charge >= 0.3 is 0 Å². The number of rotatable bonds is 5. The Hall–Kier alpha value is -1.16.